The van der Waals surface area contributed by atoms with E-state index in [9.17, 15) is 13.6 Å². The van der Waals surface area contributed by atoms with Gasteiger partial charge in [-0.1, -0.05) is 5.16 Å². The monoisotopic (exact) mass is 313 g/mol. The summed E-state index contributed by atoms with van der Waals surface area (Å²) in [6.07, 6.45) is 0. The number of nitrogens with one attached hydrogen (secondary N) is 1. The summed E-state index contributed by atoms with van der Waals surface area (Å²) in [4.78, 5) is 14.6. The molecule has 21 heavy (non-hydrogen) atoms. The highest BCUT2D eigenvalue weighted by atomic mass is 32.2. The Kier molecular flexibility index (Phi) is 4.89. The van der Waals surface area contributed by atoms with E-state index in [1.165, 1.54) is 11.8 Å². The minimum atomic E-state index is -0.978. The highest BCUT2D eigenvalue weighted by Gasteiger charge is 2.11. The van der Waals surface area contributed by atoms with Crippen LogP contribution in [0.4, 0.5) is 14.5 Å². The standard InChI is InChI=1S/C13H13F2N3O2S/c1-7-10(8(2)20-18-7)5-21-6-13(19)16-9-3-11(14)17-12(15)4-9/h3-4H,5-6H2,1-2H3,(H,16,17,19). The maximum Gasteiger partial charge on any atom is 0.234 e. The average Bonchev–Trinajstić information content (AvgIpc) is 2.69. The fourth-order valence-corrected chi connectivity index (χ4v) is 2.66. The lowest BCUT2D eigenvalue weighted by Gasteiger charge is -2.05. The lowest BCUT2D eigenvalue weighted by atomic mass is 10.2. The van der Waals surface area contributed by atoms with Crippen molar-refractivity contribution in [2.24, 2.45) is 0 Å². The third-order valence-electron chi connectivity index (χ3n) is 2.71. The second-order valence-electron chi connectivity index (χ2n) is 4.34. The molecule has 0 aromatic carbocycles. The summed E-state index contributed by atoms with van der Waals surface area (Å²) in [5, 5.41) is 6.24. The first kappa shape index (κ1) is 15.4. The van der Waals surface area contributed by atoms with Crippen molar-refractivity contribution in [2.45, 2.75) is 19.6 Å². The maximum absolute atomic E-state index is 12.9. The highest BCUT2D eigenvalue weighted by Crippen LogP contribution is 2.19. The van der Waals surface area contributed by atoms with Crippen LogP contribution < -0.4 is 5.32 Å². The molecular formula is C13H13F2N3O2S. The second kappa shape index (κ2) is 6.66. The van der Waals surface area contributed by atoms with Crippen LogP contribution in [0.15, 0.2) is 16.7 Å². The fourth-order valence-electron chi connectivity index (χ4n) is 1.69. The quantitative estimate of drug-likeness (QED) is 0.860. The van der Waals surface area contributed by atoms with Gasteiger partial charge in [0.1, 0.15) is 5.76 Å². The number of thioether (sulfide) groups is 1. The van der Waals surface area contributed by atoms with Crippen molar-refractivity contribution in [1.82, 2.24) is 10.1 Å². The van der Waals surface area contributed by atoms with E-state index in [4.69, 9.17) is 4.52 Å². The van der Waals surface area contributed by atoms with Crippen LogP contribution in [0.2, 0.25) is 0 Å². The van der Waals surface area contributed by atoms with Crippen LogP contribution in [0.3, 0.4) is 0 Å². The fraction of sp³-hybridized carbons (Fsp3) is 0.308. The number of carbonyl (C=O) groups excluding carboxylic acids is 1. The molecule has 0 atom stereocenters. The van der Waals surface area contributed by atoms with Crippen LogP contribution in [0, 0.1) is 25.7 Å². The summed E-state index contributed by atoms with van der Waals surface area (Å²) in [6.45, 7) is 3.63. The zero-order valence-corrected chi connectivity index (χ0v) is 12.3. The molecular weight excluding hydrogens is 300 g/mol. The van der Waals surface area contributed by atoms with Gasteiger partial charge >= 0.3 is 0 Å². The molecule has 0 bridgehead atoms. The number of hydrogen-bond donors (Lipinski definition) is 1. The number of hydrogen-bond acceptors (Lipinski definition) is 5. The predicted octanol–water partition coefficient (Wildman–Crippen LogP) is 2.84. The van der Waals surface area contributed by atoms with Crippen LogP contribution in [-0.4, -0.2) is 21.8 Å². The Morgan fingerprint density at radius 2 is 2.00 bits per heavy atom. The van der Waals surface area contributed by atoms with Crippen molar-refractivity contribution in [3.8, 4) is 0 Å². The van der Waals surface area contributed by atoms with E-state index in [0.717, 1.165) is 29.2 Å². The Labute approximate surface area is 124 Å². The number of nitrogens with zero attached hydrogens (tertiary/aromatic N) is 2. The smallest absolute Gasteiger partial charge is 0.234 e. The molecule has 0 spiro atoms. The normalized spacial score (nSPS) is 10.7. The van der Waals surface area contributed by atoms with Gasteiger partial charge in [0.15, 0.2) is 0 Å². The van der Waals surface area contributed by atoms with E-state index in [-0.39, 0.29) is 17.3 Å². The van der Waals surface area contributed by atoms with Gasteiger partial charge < -0.3 is 9.84 Å². The molecule has 112 valence electrons. The number of anilines is 1. The molecule has 0 radical (unpaired) electrons. The molecule has 5 nitrogen and oxygen atoms in total. The van der Waals surface area contributed by atoms with Crippen molar-refractivity contribution in [3.63, 3.8) is 0 Å². The summed E-state index contributed by atoms with van der Waals surface area (Å²) in [5.74, 6) is -0.860. The third-order valence-corrected chi connectivity index (χ3v) is 3.67. The number of halogens is 2. The first-order chi connectivity index (χ1) is 9.95. The Balaban J connectivity index is 1.85. The Morgan fingerprint density at radius 3 is 2.57 bits per heavy atom. The summed E-state index contributed by atoms with van der Waals surface area (Å²) in [5.41, 5.74) is 1.79. The predicted molar refractivity (Wildman–Crippen MR) is 74.9 cm³/mol. The molecule has 1 amide bonds. The zero-order valence-electron chi connectivity index (χ0n) is 11.4. The zero-order chi connectivity index (χ0) is 15.4. The Bertz CT molecular complexity index is 621. The van der Waals surface area contributed by atoms with Gasteiger partial charge in [-0.25, -0.2) is 0 Å². The molecule has 0 saturated heterocycles. The van der Waals surface area contributed by atoms with Crippen molar-refractivity contribution in [2.75, 3.05) is 11.1 Å². The lowest BCUT2D eigenvalue weighted by Crippen LogP contribution is -2.14. The van der Waals surface area contributed by atoms with Crippen LogP contribution >= 0.6 is 11.8 Å². The minimum Gasteiger partial charge on any atom is -0.361 e. The lowest BCUT2D eigenvalue weighted by molar-refractivity contribution is -0.113. The van der Waals surface area contributed by atoms with Crippen molar-refractivity contribution < 1.29 is 18.1 Å². The van der Waals surface area contributed by atoms with Gasteiger partial charge in [0.25, 0.3) is 0 Å². The largest absolute Gasteiger partial charge is 0.361 e. The summed E-state index contributed by atoms with van der Waals surface area (Å²) in [6, 6.07) is 1.92. The number of carbonyl (C=O) groups is 1. The minimum absolute atomic E-state index is 0.0444. The van der Waals surface area contributed by atoms with Gasteiger partial charge in [0.2, 0.25) is 17.8 Å². The molecule has 0 unspecified atom stereocenters. The molecule has 0 aliphatic heterocycles. The Hall–Kier alpha value is -1.96. The first-order valence-corrected chi connectivity index (χ1v) is 7.23. The number of aryl methyl sites for hydroxylation is 2. The van der Waals surface area contributed by atoms with Crippen LogP contribution in [0.1, 0.15) is 17.0 Å². The first-order valence-electron chi connectivity index (χ1n) is 6.08. The van der Waals surface area contributed by atoms with E-state index in [0.29, 0.717) is 5.75 Å². The SMILES string of the molecule is Cc1noc(C)c1CSCC(=O)Nc1cc(F)nc(F)c1. The molecule has 1 N–H and O–H groups in total. The van der Waals surface area contributed by atoms with E-state index < -0.39 is 11.9 Å². The summed E-state index contributed by atoms with van der Waals surface area (Å²) >= 11 is 1.36. The topological polar surface area (TPSA) is 68.0 Å². The van der Waals surface area contributed by atoms with Crippen molar-refractivity contribution in [1.29, 1.82) is 0 Å². The van der Waals surface area contributed by atoms with Crippen LogP contribution in [0.5, 0.6) is 0 Å². The van der Waals surface area contributed by atoms with Gasteiger partial charge in [0.05, 0.1) is 11.4 Å². The van der Waals surface area contributed by atoms with Gasteiger partial charge in [-0.3, -0.25) is 4.79 Å². The number of aromatic nitrogens is 2. The number of amides is 1. The van der Waals surface area contributed by atoms with Crippen LogP contribution in [0.25, 0.3) is 0 Å². The van der Waals surface area contributed by atoms with Crippen molar-refractivity contribution in [3.05, 3.63) is 41.0 Å². The average molecular weight is 313 g/mol. The molecule has 2 aromatic heterocycles. The third kappa shape index (κ3) is 4.25. The van der Waals surface area contributed by atoms with Gasteiger partial charge in [0, 0.05) is 29.1 Å². The van der Waals surface area contributed by atoms with E-state index in [2.05, 4.69) is 15.5 Å². The van der Waals surface area contributed by atoms with Gasteiger partial charge in [-0.15, -0.1) is 11.8 Å². The second-order valence-corrected chi connectivity index (χ2v) is 5.33. The van der Waals surface area contributed by atoms with E-state index in [1.807, 2.05) is 6.92 Å². The maximum atomic E-state index is 12.9. The van der Waals surface area contributed by atoms with Crippen molar-refractivity contribution >= 4 is 23.4 Å². The molecule has 2 aromatic rings. The highest BCUT2D eigenvalue weighted by molar-refractivity contribution is 7.99. The Morgan fingerprint density at radius 1 is 1.33 bits per heavy atom. The molecule has 0 aliphatic carbocycles. The molecule has 8 heteroatoms. The molecule has 2 rings (SSSR count). The number of rotatable bonds is 5. The molecule has 0 fully saturated rings. The van der Waals surface area contributed by atoms with E-state index >= 15 is 0 Å². The molecule has 0 saturated carbocycles. The molecule has 0 aliphatic rings. The van der Waals surface area contributed by atoms with Gasteiger partial charge in [-0.05, 0) is 13.8 Å². The molecule has 2 heterocycles. The summed E-state index contributed by atoms with van der Waals surface area (Å²) in [7, 11) is 0. The van der Waals surface area contributed by atoms with Crippen LogP contribution in [-0.2, 0) is 10.5 Å². The van der Waals surface area contributed by atoms with Gasteiger partial charge in [-0.2, -0.15) is 13.8 Å². The van der Waals surface area contributed by atoms with E-state index in [1.54, 1.807) is 6.92 Å². The summed E-state index contributed by atoms with van der Waals surface area (Å²) < 4.78 is 30.8. The number of pyridine rings is 1.